The van der Waals surface area contributed by atoms with Gasteiger partial charge in [-0.2, -0.15) is 0 Å². The summed E-state index contributed by atoms with van der Waals surface area (Å²) in [4.78, 5) is 24.1. The van der Waals surface area contributed by atoms with E-state index in [1.165, 1.54) is 0 Å². The second kappa shape index (κ2) is 5.88. The number of rotatable bonds is 4. The first-order chi connectivity index (χ1) is 11.0. The zero-order valence-electron chi connectivity index (χ0n) is 13.2. The first-order valence-electron chi connectivity index (χ1n) is 7.65. The van der Waals surface area contributed by atoms with Gasteiger partial charge in [0.2, 0.25) is 5.91 Å². The number of hydrogen-bond donors (Lipinski definition) is 2. The van der Waals surface area contributed by atoms with Gasteiger partial charge in [-0.1, -0.05) is 53.6 Å². The first kappa shape index (κ1) is 15.3. The van der Waals surface area contributed by atoms with Crippen LogP contribution in [-0.4, -0.2) is 17.0 Å². The molecule has 118 valence electrons. The lowest BCUT2D eigenvalue weighted by molar-refractivity contribution is -0.142. The van der Waals surface area contributed by atoms with Crippen molar-refractivity contribution in [1.29, 1.82) is 0 Å². The van der Waals surface area contributed by atoms with Gasteiger partial charge in [0.05, 0.1) is 5.92 Å². The minimum absolute atomic E-state index is 0.227. The molecule has 2 N–H and O–H groups in total. The number of benzene rings is 2. The number of fused-ring (bicyclic) bond motifs is 1. The molecule has 0 spiro atoms. The minimum atomic E-state index is -1.05. The molecule has 1 aliphatic rings. The van der Waals surface area contributed by atoms with Crippen molar-refractivity contribution < 1.29 is 14.7 Å². The van der Waals surface area contributed by atoms with Gasteiger partial charge in [-0.3, -0.25) is 4.79 Å². The number of carboxylic acids is 1. The number of aryl methyl sites for hydroxylation is 2. The fourth-order valence-corrected chi connectivity index (χ4v) is 3.20. The van der Waals surface area contributed by atoms with Crippen molar-refractivity contribution in [1.82, 2.24) is 5.32 Å². The number of aliphatic carboxylic acids is 1. The summed E-state index contributed by atoms with van der Waals surface area (Å²) in [6.45, 7) is 3.83. The molecule has 0 saturated carbocycles. The molecule has 2 aromatic rings. The molecule has 4 nitrogen and oxygen atoms in total. The van der Waals surface area contributed by atoms with E-state index < -0.39 is 12.0 Å². The van der Waals surface area contributed by atoms with Crippen LogP contribution in [0.4, 0.5) is 0 Å². The van der Waals surface area contributed by atoms with Crippen molar-refractivity contribution >= 4 is 11.9 Å². The minimum Gasteiger partial charge on any atom is -0.479 e. The normalized spacial score (nSPS) is 16.9. The van der Waals surface area contributed by atoms with Gasteiger partial charge in [0.15, 0.2) is 6.04 Å². The van der Waals surface area contributed by atoms with E-state index in [1.54, 1.807) is 12.1 Å². The maximum Gasteiger partial charge on any atom is 0.330 e. The Kier molecular flexibility index (Phi) is 3.90. The molecule has 4 heteroatoms. The van der Waals surface area contributed by atoms with Gasteiger partial charge >= 0.3 is 5.97 Å². The second-order valence-corrected chi connectivity index (χ2v) is 6.16. The molecule has 0 fully saturated rings. The second-order valence-electron chi connectivity index (χ2n) is 6.16. The molecular weight excluding hydrogens is 290 g/mol. The van der Waals surface area contributed by atoms with Gasteiger partial charge in [0, 0.05) is 0 Å². The summed E-state index contributed by atoms with van der Waals surface area (Å²) in [5, 5.41) is 12.2. The van der Waals surface area contributed by atoms with E-state index >= 15 is 0 Å². The highest BCUT2D eigenvalue weighted by atomic mass is 16.4. The average Bonchev–Trinajstić information content (AvgIpc) is 2.44. The van der Waals surface area contributed by atoms with E-state index in [4.69, 9.17) is 0 Å². The van der Waals surface area contributed by atoms with Crippen molar-refractivity contribution in [3.63, 3.8) is 0 Å². The van der Waals surface area contributed by atoms with Crippen LogP contribution in [-0.2, 0) is 16.0 Å². The summed E-state index contributed by atoms with van der Waals surface area (Å²) in [7, 11) is 0. The maximum atomic E-state index is 12.5. The van der Waals surface area contributed by atoms with Crippen LogP contribution in [0.5, 0.6) is 0 Å². The van der Waals surface area contributed by atoms with Gasteiger partial charge in [0.1, 0.15) is 0 Å². The molecule has 0 radical (unpaired) electrons. The maximum absolute atomic E-state index is 12.5. The molecule has 0 bridgehead atoms. The molecule has 1 aliphatic carbocycles. The van der Waals surface area contributed by atoms with Gasteiger partial charge in [-0.05, 0) is 37.0 Å². The van der Waals surface area contributed by atoms with Crippen molar-refractivity contribution in [2.24, 2.45) is 0 Å². The molecule has 0 saturated heterocycles. The van der Waals surface area contributed by atoms with E-state index in [-0.39, 0.29) is 11.8 Å². The summed E-state index contributed by atoms with van der Waals surface area (Å²) < 4.78 is 0. The zero-order valence-corrected chi connectivity index (χ0v) is 13.2. The molecule has 23 heavy (non-hydrogen) atoms. The zero-order chi connectivity index (χ0) is 16.6. The molecule has 2 unspecified atom stereocenters. The Balaban J connectivity index is 1.81. The third-order valence-corrected chi connectivity index (χ3v) is 4.28. The number of nitrogens with one attached hydrogen (secondary N) is 1. The molecule has 2 aromatic carbocycles. The summed E-state index contributed by atoms with van der Waals surface area (Å²) in [6, 6.07) is 12.3. The Morgan fingerprint density at radius 1 is 1.13 bits per heavy atom. The van der Waals surface area contributed by atoms with Crippen LogP contribution < -0.4 is 5.32 Å². The van der Waals surface area contributed by atoms with Gasteiger partial charge < -0.3 is 10.4 Å². The predicted octanol–water partition coefficient (Wildman–Crippen LogP) is 2.89. The topological polar surface area (TPSA) is 66.4 Å². The van der Waals surface area contributed by atoms with Crippen LogP contribution >= 0.6 is 0 Å². The Morgan fingerprint density at radius 2 is 1.78 bits per heavy atom. The number of carbonyl (C=O) groups excluding carboxylic acids is 1. The Hall–Kier alpha value is -2.62. The molecule has 2 atom stereocenters. The van der Waals surface area contributed by atoms with Crippen molar-refractivity contribution in [2.45, 2.75) is 32.2 Å². The lowest BCUT2D eigenvalue weighted by atomic mass is 9.77. The van der Waals surface area contributed by atoms with Crippen LogP contribution in [0.2, 0.25) is 0 Å². The SMILES string of the molecule is Cc1cc(C)cc(C(NC(=O)C2Cc3ccccc32)C(=O)O)c1. The lowest BCUT2D eigenvalue weighted by Gasteiger charge is -2.30. The fourth-order valence-electron chi connectivity index (χ4n) is 3.20. The van der Waals surface area contributed by atoms with Crippen LogP contribution in [0.15, 0.2) is 42.5 Å². The third kappa shape index (κ3) is 2.97. The van der Waals surface area contributed by atoms with Crippen molar-refractivity contribution in [3.05, 3.63) is 70.3 Å². The highest BCUT2D eigenvalue weighted by molar-refractivity contribution is 5.90. The van der Waals surface area contributed by atoms with E-state index in [0.29, 0.717) is 12.0 Å². The lowest BCUT2D eigenvalue weighted by Crippen LogP contribution is -2.40. The van der Waals surface area contributed by atoms with Gasteiger partial charge in [-0.25, -0.2) is 4.79 Å². The van der Waals surface area contributed by atoms with E-state index in [0.717, 1.165) is 22.3 Å². The summed E-state index contributed by atoms with van der Waals surface area (Å²) in [6.07, 6.45) is 0.668. The number of amides is 1. The quantitative estimate of drug-likeness (QED) is 0.912. The average molecular weight is 309 g/mol. The van der Waals surface area contributed by atoms with E-state index in [1.807, 2.05) is 44.2 Å². The number of carbonyl (C=O) groups is 2. The molecule has 0 heterocycles. The standard InChI is InChI=1S/C19H19NO3/c1-11-7-12(2)9-14(8-11)17(19(22)23)20-18(21)16-10-13-5-3-4-6-15(13)16/h3-9,16-17H,10H2,1-2H3,(H,20,21)(H,22,23). The fraction of sp³-hybridized carbons (Fsp3) is 0.263. The Bertz CT molecular complexity index is 762. The molecule has 0 aliphatic heterocycles. The summed E-state index contributed by atoms with van der Waals surface area (Å²) in [5.41, 5.74) is 4.72. The first-order valence-corrected chi connectivity index (χ1v) is 7.65. The predicted molar refractivity (Wildman–Crippen MR) is 87.3 cm³/mol. The largest absolute Gasteiger partial charge is 0.479 e. The van der Waals surface area contributed by atoms with Gasteiger partial charge in [-0.15, -0.1) is 0 Å². The summed E-state index contributed by atoms with van der Waals surface area (Å²) in [5.74, 6) is -1.52. The van der Waals surface area contributed by atoms with Crippen LogP contribution in [0.25, 0.3) is 0 Å². The molecule has 1 amide bonds. The Labute approximate surface area is 135 Å². The third-order valence-electron chi connectivity index (χ3n) is 4.28. The highest BCUT2D eigenvalue weighted by Crippen LogP contribution is 2.35. The van der Waals surface area contributed by atoms with Crippen molar-refractivity contribution in [2.75, 3.05) is 0 Å². The number of hydrogen-bond acceptors (Lipinski definition) is 2. The van der Waals surface area contributed by atoms with Crippen LogP contribution in [0.3, 0.4) is 0 Å². The van der Waals surface area contributed by atoms with Crippen LogP contribution in [0.1, 0.15) is 39.8 Å². The monoisotopic (exact) mass is 309 g/mol. The van der Waals surface area contributed by atoms with Crippen LogP contribution in [0, 0.1) is 13.8 Å². The highest BCUT2D eigenvalue weighted by Gasteiger charge is 2.34. The van der Waals surface area contributed by atoms with E-state index in [9.17, 15) is 14.7 Å². The summed E-state index contributed by atoms with van der Waals surface area (Å²) >= 11 is 0. The molecule has 0 aromatic heterocycles. The molecular formula is C19H19NO3. The number of carboxylic acid groups (broad SMARTS) is 1. The Morgan fingerprint density at radius 3 is 2.39 bits per heavy atom. The van der Waals surface area contributed by atoms with Gasteiger partial charge in [0.25, 0.3) is 0 Å². The van der Waals surface area contributed by atoms with E-state index in [2.05, 4.69) is 5.32 Å². The van der Waals surface area contributed by atoms with Crippen molar-refractivity contribution in [3.8, 4) is 0 Å². The molecule has 3 rings (SSSR count). The smallest absolute Gasteiger partial charge is 0.330 e.